The number of hydrogen-bond donors (Lipinski definition) is 0. The first-order valence-corrected chi connectivity index (χ1v) is 9.34. The van der Waals surface area contributed by atoms with Crippen molar-refractivity contribution in [2.75, 3.05) is 0 Å². The molecule has 0 saturated heterocycles. The topological polar surface area (TPSA) is 39.2 Å². The standard InChI is InChI=1S/C16H4Cl7NO2/c17-6-3-5-1-2-7(18)8(14(5)24-4-6)16(25)26-15-12(22)10(20)9(19)11(21)13(15)23/h1-4H. The lowest BCUT2D eigenvalue weighted by molar-refractivity contribution is 0.0737. The highest BCUT2D eigenvalue weighted by Crippen LogP contribution is 2.48. The van der Waals surface area contributed by atoms with Gasteiger partial charge in [-0.3, -0.25) is 4.98 Å². The minimum Gasteiger partial charge on any atom is -0.420 e. The predicted octanol–water partition coefficient (Wildman–Crippen LogP) is 8.03. The lowest BCUT2D eigenvalue weighted by Gasteiger charge is -2.13. The summed E-state index contributed by atoms with van der Waals surface area (Å²) in [4.78, 5) is 16.9. The van der Waals surface area contributed by atoms with E-state index in [1.807, 2.05) is 0 Å². The largest absolute Gasteiger partial charge is 0.420 e. The summed E-state index contributed by atoms with van der Waals surface area (Å²) in [6.07, 6.45) is 1.38. The van der Waals surface area contributed by atoms with Crippen molar-refractivity contribution in [2.24, 2.45) is 0 Å². The molecule has 0 aliphatic heterocycles. The van der Waals surface area contributed by atoms with E-state index >= 15 is 0 Å². The first kappa shape index (κ1) is 20.1. The number of rotatable bonds is 2. The third-order valence-electron chi connectivity index (χ3n) is 3.34. The third-order valence-corrected chi connectivity index (χ3v) is 6.10. The van der Waals surface area contributed by atoms with E-state index in [1.165, 1.54) is 12.3 Å². The summed E-state index contributed by atoms with van der Waals surface area (Å²) in [5.41, 5.74) is 0.306. The summed E-state index contributed by atoms with van der Waals surface area (Å²) < 4.78 is 5.31. The van der Waals surface area contributed by atoms with E-state index in [2.05, 4.69) is 4.98 Å². The summed E-state index contributed by atoms with van der Waals surface area (Å²) in [5.74, 6) is -1.09. The number of carbonyl (C=O) groups is 1. The smallest absolute Gasteiger partial charge is 0.347 e. The summed E-state index contributed by atoms with van der Waals surface area (Å²) >= 11 is 42.1. The first-order valence-electron chi connectivity index (χ1n) is 6.69. The van der Waals surface area contributed by atoms with Crippen molar-refractivity contribution >= 4 is 98.1 Å². The van der Waals surface area contributed by atoms with Crippen LogP contribution in [0.3, 0.4) is 0 Å². The van der Waals surface area contributed by atoms with Gasteiger partial charge in [-0.15, -0.1) is 0 Å². The second-order valence-electron chi connectivity index (χ2n) is 4.94. The summed E-state index contributed by atoms with van der Waals surface area (Å²) in [7, 11) is 0. The number of ether oxygens (including phenoxy) is 1. The molecule has 1 aromatic heterocycles. The molecule has 0 radical (unpaired) electrons. The van der Waals surface area contributed by atoms with Crippen molar-refractivity contribution in [3.63, 3.8) is 0 Å². The van der Waals surface area contributed by atoms with Gasteiger partial charge >= 0.3 is 5.97 Å². The van der Waals surface area contributed by atoms with Crippen LogP contribution in [0.5, 0.6) is 5.75 Å². The van der Waals surface area contributed by atoms with E-state index in [9.17, 15) is 4.79 Å². The van der Waals surface area contributed by atoms with Crippen molar-refractivity contribution in [2.45, 2.75) is 0 Å². The molecule has 0 unspecified atom stereocenters. The molecule has 0 N–H and O–H groups in total. The zero-order chi connectivity index (χ0) is 19.2. The van der Waals surface area contributed by atoms with Crippen LogP contribution in [0.2, 0.25) is 35.2 Å². The molecule has 0 spiro atoms. The van der Waals surface area contributed by atoms with E-state index < -0.39 is 5.97 Å². The molecule has 3 nitrogen and oxygen atoms in total. The number of carbonyl (C=O) groups excluding carboxylic acids is 1. The molecule has 0 atom stereocenters. The van der Waals surface area contributed by atoms with Gasteiger partial charge in [-0.05, 0) is 12.1 Å². The molecule has 10 heteroatoms. The molecule has 0 saturated carbocycles. The number of esters is 1. The van der Waals surface area contributed by atoms with Crippen LogP contribution in [-0.4, -0.2) is 11.0 Å². The van der Waals surface area contributed by atoms with E-state index in [0.717, 1.165) is 0 Å². The molecule has 0 fully saturated rings. The van der Waals surface area contributed by atoms with Crippen LogP contribution in [0.4, 0.5) is 0 Å². The van der Waals surface area contributed by atoms with Gasteiger partial charge in [-0.2, -0.15) is 0 Å². The van der Waals surface area contributed by atoms with Crippen molar-refractivity contribution in [3.8, 4) is 5.75 Å². The van der Waals surface area contributed by atoms with E-state index in [-0.39, 0.29) is 41.4 Å². The van der Waals surface area contributed by atoms with Gasteiger partial charge < -0.3 is 4.74 Å². The molecule has 2 aromatic carbocycles. The van der Waals surface area contributed by atoms with E-state index in [0.29, 0.717) is 15.9 Å². The highest BCUT2D eigenvalue weighted by Gasteiger charge is 2.25. The van der Waals surface area contributed by atoms with Gasteiger partial charge in [0.05, 0.1) is 30.6 Å². The predicted molar refractivity (Wildman–Crippen MR) is 108 cm³/mol. The average molecular weight is 490 g/mol. The van der Waals surface area contributed by atoms with Crippen LogP contribution >= 0.6 is 81.2 Å². The molecule has 0 amide bonds. The van der Waals surface area contributed by atoms with Crippen LogP contribution in [0.25, 0.3) is 10.9 Å². The molecule has 0 aliphatic rings. The number of hydrogen-bond acceptors (Lipinski definition) is 3. The molecular formula is C16H4Cl7NO2. The summed E-state index contributed by atoms with van der Waals surface area (Å²) in [5, 5.41) is 0.551. The fraction of sp³-hybridized carbons (Fsp3) is 0. The highest BCUT2D eigenvalue weighted by atomic mass is 35.5. The number of aromatic nitrogens is 1. The van der Waals surface area contributed by atoms with Gasteiger partial charge in [0.15, 0.2) is 5.75 Å². The Morgan fingerprint density at radius 2 is 1.42 bits per heavy atom. The van der Waals surface area contributed by atoms with E-state index in [1.54, 1.807) is 12.1 Å². The first-order chi connectivity index (χ1) is 12.2. The third kappa shape index (κ3) is 3.55. The number of fused-ring (bicyclic) bond motifs is 1. The van der Waals surface area contributed by atoms with Crippen LogP contribution in [0, 0.1) is 0 Å². The molecular weight excluding hydrogens is 486 g/mol. The fourth-order valence-corrected chi connectivity index (χ4v) is 3.76. The lowest BCUT2D eigenvalue weighted by atomic mass is 10.1. The van der Waals surface area contributed by atoms with Gasteiger partial charge in [0.2, 0.25) is 0 Å². The quantitative estimate of drug-likeness (QED) is 0.158. The van der Waals surface area contributed by atoms with Crippen LogP contribution < -0.4 is 4.74 Å². The zero-order valence-electron chi connectivity index (χ0n) is 12.2. The Balaban J connectivity index is 2.13. The van der Waals surface area contributed by atoms with Gasteiger partial charge in [0, 0.05) is 11.6 Å². The summed E-state index contributed by atoms with van der Waals surface area (Å²) in [6, 6.07) is 4.82. The van der Waals surface area contributed by atoms with Crippen LogP contribution in [0.1, 0.15) is 10.4 Å². The average Bonchev–Trinajstić information content (AvgIpc) is 2.61. The maximum atomic E-state index is 12.7. The monoisotopic (exact) mass is 487 g/mol. The minimum atomic E-state index is -0.853. The van der Waals surface area contributed by atoms with Gasteiger partial charge in [-0.1, -0.05) is 87.3 Å². The Morgan fingerprint density at radius 3 is 2.04 bits per heavy atom. The van der Waals surface area contributed by atoms with Crippen LogP contribution in [-0.2, 0) is 0 Å². The molecule has 1 heterocycles. The van der Waals surface area contributed by atoms with Gasteiger partial charge in [0.25, 0.3) is 0 Å². The Morgan fingerprint density at radius 1 is 0.846 bits per heavy atom. The Hall–Kier alpha value is -0.650. The van der Waals surface area contributed by atoms with Crippen molar-refractivity contribution < 1.29 is 9.53 Å². The SMILES string of the molecule is O=C(Oc1c(Cl)c(Cl)c(Cl)c(Cl)c1Cl)c1c(Cl)ccc2cc(Cl)cnc12. The second kappa shape index (κ2) is 7.76. The van der Waals surface area contributed by atoms with Gasteiger partial charge in [-0.25, -0.2) is 4.79 Å². The maximum Gasteiger partial charge on any atom is 0.347 e. The highest BCUT2D eigenvalue weighted by molar-refractivity contribution is 6.55. The molecule has 0 bridgehead atoms. The normalized spacial score (nSPS) is 11.0. The summed E-state index contributed by atoms with van der Waals surface area (Å²) in [6.45, 7) is 0. The Kier molecular flexibility index (Phi) is 6.00. The van der Waals surface area contributed by atoms with Crippen LogP contribution in [0.15, 0.2) is 24.4 Å². The minimum absolute atomic E-state index is 0.00941. The number of benzene rings is 2. The Labute approximate surface area is 182 Å². The van der Waals surface area contributed by atoms with Crippen molar-refractivity contribution in [1.82, 2.24) is 4.98 Å². The lowest BCUT2D eigenvalue weighted by Crippen LogP contribution is -2.11. The molecule has 0 aliphatic carbocycles. The van der Waals surface area contributed by atoms with Crippen molar-refractivity contribution in [3.05, 3.63) is 65.1 Å². The Bertz CT molecular complexity index is 1040. The number of halogens is 7. The fourth-order valence-electron chi connectivity index (χ4n) is 2.16. The van der Waals surface area contributed by atoms with Gasteiger partial charge in [0.1, 0.15) is 15.6 Å². The molecule has 3 rings (SSSR count). The number of pyridine rings is 1. The van der Waals surface area contributed by atoms with Crippen molar-refractivity contribution in [1.29, 1.82) is 0 Å². The van der Waals surface area contributed by atoms with E-state index in [4.69, 9.17) is 85.9 Å². The molecule has 134 valence electrons. The molecule has 3 aromatic rings. The maximum absolute atomic E-state index is 12.7. The zero-order valence-corrected chi connectivity index (χ0v) is 17.5. The second-order valence-corrected chi connectivity index (χ2v) is 7.67. The number of nitrogens with zero attached hydrogens (tertiary/aromatic N) is 1. The molecule has 26 heavy (non-hydrogen) atoms.